The van der Waals surface area contributed by atoms with Crippen molar-refractivity contribution in [2.75, 3.05) is 44.1 Å². The van der Waals surface area contributed by atoms with E-state index in [4.69, 9.17) is 9.72 Å². The van der Waals surface area contributed by atoms with Gasteiger partial charge in [-0.25, -0.2) is 14.4 Å². The summed E-state index contributed by atoms with van der Waals surface area (Å²) in [4.78, 5) is 11.3. The number of aliphatic hydroxyl groups excluding tert-OH is 1. The van der Waals surface area contributed by atoms with Crippen molar-refractivity contribution in [1.29, 1.82) is 0 Å². The number of anilines is 2. The molecule has 1 unspecified atom stereocenters. The van der Waals surface area contributed by atoms with E-state index in [0.717, 1.165) is 47.7 Å². The van der Waals surface area contributed by atoms with E-state index < -0.39 is 5.82 Å². The van der Waals surface area contributed by atoms with Gasteiger partial charge >= 0.3 is 0 Å². The van der Waals surface area contributed by atoms with E-state index in [1.165, 1.54) is 13.2 Å². The summed E-state index contributed by atoms with van der Waals surface area (Å²) in [5.41, 5.74) is 3.22. The number of nitrogens with zero attached hydrogens (tertiary/aromatic N) is 3. The van der Waals surface area contributed by atoms with Crippen LogP contribution in [0.4, 0.5) is 15.9 Å². The van der Waals surface area contributed by atoms with Gasteiger partial charge in [0, 0.05) is 61.6 Å². The summed E-state index contributed by atoms with van der Waals surface area (Å²) in [6, 6.07) is 8.94. The molecule has 1 aliphatic heterocycles. The summed E-state index contributed by atoms with van der Waals surface area (Å²) in [7, 11) is 3.27. The number of aliphatic hydroxyl groups is 1. The fourth-order valence-corrected chi connectivity index (χ4v) is 3.67. The number of pyridine rings is 2. The molecule has 0 spiro atoms. The molecule has 3 aromatic rings. The van der Waals surface area contributed by atoms with Crippen molar-refractivity contribution < 1.29 is 14.2 Å². The molecule has 1 atom stereocenters. The first-order valence-corrected chi connectivity index (χ1v) is 9.31. The summed E-state index contributed by atoms with van der Waals surface area (Å²) < 4.78 is 19.6. The average Bonchev–Trinajstić information content (AvgIpc) is 3.22. The van der Waals surface area contributed by atoms with Crippen LogP contribution in [0, 0.1) is 11.7 Å². The van der Waals surface area contributed by atoms with E-state index in [1.807, 2.05) is 25.2 Å². The van der Waals surface area contributed by atoms with E-state index in [2.05, 4.69) is 15.2 Å². The molecule has 2 N–H and O–H groups in total. The summed E-state index contributed by atoms with van der Waals surface area (Å²) in [5.74, 6) is 0.760. The van der Waals surface area contributed by atoms with Crippen LogP contribution in [0.2, 0.25) is 0 Å². The van der Waals surface area contributed by atoms with E-state index in [-0.39, 0.29) is 18.3 Å². The smallest absolute Gasteiger partial charge is 0.165 e. The Morgan fingerprint density at radius 1 is 1.32 bits per heavy atom. The Kier molecular flexibility index (Phi) is 5.00. The molecule has 6 nitrogen and oxygen atoms in total. The SMILES string of the molecule is CNc1ccc(-c2cc(N3CCC(CO)C3)c3cc(F)c(OC)cc3n2)cn1. The monoisotopic (exact) mass is 382 g/mol. The van der Waals surface area contributed by atoms with E-state index in [9.17, 15) is 9.50 Å². The number of hydrogen-bond donors (Lipinski definition) is 2. The third-order valence-corrected chi connectivity index (χ3v) is 5.26. The molecule has 0 amide bonds. The Hall–Kier alpha value is -2.93. The lowest BCUT2D eigenvalue weighted by atomic mass is 10.1. The van der Waals surface area contributed by atoms with Gasteiger partial charge in [-0.05, 0) is 30.7 Å². The Morgan fingerprint density at radius 3 is 2.82 bits per heavy atom. The molecular formula is C21H23FN4O2. The number of benzene rings is 1. The number of ether oxygens (including phenoxy) is 1. The van der Waals surface area contributed by atoms with E-state index in [0.29, 0.717) is 5.52 Å². The van der Waals surface area contributed by atoms with Crippen molar-refractivity contribution in [2.24, 2.45) is 5.92 Å². The van der Waals surface area contributed by atoms with Crippen LogP contribution < -0.4 is 15.0 Å². The van der Waals surface area contributed by atoms with Gasteiger partial charge in [0.2, 0.25) is 0 Å². The number of rotatable bonds is 5. The second-order valence-electron chi connectivity index (χ2n) is 7.00. The molecule has 146 valence electrons. The van der Waals surface area contributed by atoms with Crippen LogP contribution in [-0.4, -0.2) is 48.9 Å². The molecule has 3 heterocycles. The second kappa shape index (κ2) is 7.59. The molecule has 2 aromatic heterocycles. The van der Waals surface area contributed by atoms with Crippen molar-refractivity contribution >= 4 is 22.4 Å². The van der Waals surface area contributed by atoms with Gasteiger partial charge in [-0.1, -0.05) is 0 Å². The van der Waals surface area contributed by atoms with Gasteiger partial charge in [0.1, 0.15) is 5.82 Å². The molecule has 4 rings (SSSR count). The Balaban J connectivity index is 1.87. The number of hydrogen-bond acceptors (Lipinski definition) is 6. The summed E-state index contributed by atoms with van der Waals surface area (Å²) in [6.07, 6.45) is 2.68. The summed E-state index contributed by atoms with van der Waals surface area (Å²) in [6.45, 7) is 1.71. The van der Waals surface area contributed by atoms with Gasteiger partial charge in [0.25, 0.3) is 0 Å². The van der Waals surface area contributed by atoms with Gasteiger partial charge in [-0.3, -0.25) is 0 Å². The molecule has 28 heavy (non-hydrogen) atoms. The van der Waals surface area contributed by atoms with Crippen molar-refractivity contribution in [3.05, 3.63) is 42.3 Å². The highest BCUT2D eigenvalue weighted by atomic mass is 19.1. The molecule has 0 saturated carbocycles. The first kappa shape index (κ1) is 18.4. The standard InChI is InChI=1S/C21H23FN4O2/c1-23-21-4-3-14(10-24-21)17-8-19(26-6-5-13(11-26)12-27)15-7-16(22)20(28-2)9-18(15)25-17/h3-4,7-10,13,27H,5-6,11-12H2,1-2H3,(H,23,24). The highest BCUT2D eigenvalue weighted by Crippen LogP contribution is 2.36. The minimum absolute atomic E-state index is 0.157. The molecule has 7 heteroatoms. The van der Waals surface area contributed by atoms with E-state index >= 15 is 0 Å². The first-order valence-electron chi connectivity index (χ1n) is 9.31. The number of halogens is 1. The summed E-state index contributed by atoms with van der Waals surface area (Å²) in [5, 5.41) is 13.2. The molecule has 0 aliphatic carbocycles. The van der Waals surface area contributed by atoms with Crippen molar-refractivity contribution in [3.63, 3.8) is 0 Å². The average molecular weight is 382 g/mol. The number of nitrogens with one attached hydrogen (secondary N) is 1. The molecular weight excluding hydrogens is 359 g/mol. The van der Waals surface area contributed by atoms with Gasteiger partial charge in [-0.2, -0.15) is 0 Å². The predicted octanol–water partition coefficient (Wildman–Crippen LogP) is 3.30. The van der Waals surface area contributed by atoms with Crippen LogP contribution in [0.15, 0.2) is 36.5 Å². The van der Waals surface area contributed by atoms with Crippen molar-refractivity contribution in [2.45, 2.75) is 6.42 Å². The minimum Gasteiger partial charge on any atom is -0.494 e. The number of aromatic nitrogens is 2. The lowest BCUT2D eigenvalue weighted by Gasteiger charge is -2.22. The Labute approximate surface area is 163 Å². The van der Waals surface area contributed by atoms with Crippen molar-refractivity contribution in [1.82, 2.24) is 9.97 Å². The predicted molar refractivity (Wildman–Crippen MR) is 108 cm³/mol. The highest BCUT2D eigenvalue weighted by molar-refractivity contribution is 5.95. The van der Waals surface area contributed by atoms with Crippen LogP contribution in [0.25, 0.3) is 22.2 Å². The van der Waals surface area contributed by atoms with Crippen LogP contribution in [-0.2, 0) is 0 Å². The van der Waals surface area contributed by atoms with Crippen LogP contribution in [0.5, 0.6) is 5.75 Å². The third-order valence-electron chi connectivity index (χ3n) is 5.26. The zero-order valence-corrected chi connectivity index (χ0v) is 15.9. The normalized spacial score (nSPS) is 16.6. The van der Waals surface area contributed by atoms with Crippen molar-refractivity contribution in [3.8, 4) is 17.0 Å². The molecule has 1 aromatic carbocycles. The molecule has 0 radical (unpaired) electrons. The maximum Gasteiger partial charge on any atom is 0.165 e. The van der Waals surface area contributed by atoms with Gasteiger partial charge in [0.05, 0.1) is 18.3 Å². The van der Waals surface area contributed by atoms with Crippen LogP contribution >= 0.6 is 0 Å². The number of fused-ring (bicyclic) bond motifs is 1. The lowest BCUT2D eigenvalue weighted by molar-refractivity contribution is 0.238. The molecule has 0 bridgehead atoms. The third kappa shape index (κ3) is 3.33. The lowest BCUT2D eigenvalue weighted by Crippen LogP contribution is -2.21. The van der Waals surface area contributed by atoms with Crippen LogP contribution in [0.1, 0.15) is 6.42 Å². The zero-order chi connectivity index (χ0) is 19.7. The second-order valence-corrected chi connectivity index (χ2v) is 7.00. The molecule has 1 aliphatic rings. The van der Waals surface area contributed by atoms with Crippen LogP contribution in [0.3, 0.4) is 0 Å². The fraction of sp³-hybridized carbons (Fsp3) is 0.333. The highest BCUT2D eigenvalue weighted by Gasteiger charge is 2.25. The first-order chi connectivity index (χ1) is 13.6. The van der Waals surface area contributed by atoms with Gasteiger partial charge in [0.15, 0.2) is 11.6 Å². The van der Waals surface area contributed by atoms with Gasteiger partial charge < -0.3 is 20.1 Å². The number of methoxy groups -OCH3 is 1. The summed E-state index contributed by atoms with van der Waals surface area (Å²) >= 11 is 0. The topological polar surface area (TPSA) is 70.5 Å². The Morgan fingerprint density at radius 2 is 2.18 bits per heavy atom. The van der Waals surface area contributed by atoms with E-state index in [1.54, 1.807) is 12.3 Å². The fourth-order valence-electron chi connectivity index (χ4n) is 3.67. The maximum atomic E-state index is 14.4. The maximum absolute atomic E-state index is 14.4. The largest absolute Gasteiger partial charge is 0.494 e. The molecule has 1 fully saturated rings. The van der Waals surface area contributed by atoms with Gasteiger partial charge in [-0.15, -0.1) is 0 Å². The molecule has 1 saturated heterocycles. The zero-order valence-electron chi connectivity index (χ0n) is 15.9. The minimum atomic E-state index is -0.413. The Bertz CT molecular complexity index is 994. The quantitative estimate of drug-likeness (QED) is 0.706.